The first kappa shape index (κ1) is 15.7. The summed E-state index contributed by atoms with van der Waals surface area (Å²) in [5, 5.41) is 6.67. The second-order valence-corrected chi connectivity index (χ2v) is 6.13. The molecule has 1 amide bonds. The van der Waals surface area contributed by atoms with Crippen molar-refractivity contribution in [1.29, 1.82) is 0 Å². The number of likely N-dealkylation sites (N-methyl/N-ethyl adjacent to an activating group) is 1. The van der Waals surface area contributed by atoms with Crippen LogP contribution in [0.1, 0.15) is 46.6 Å². The van der Waals surface area contributed by atoms with Gasteiger partial charge in [-0.3, -0.25) is 4.79 Å². The smallest absolute Gasteiger partial charge is 0.273 e. The molecule has 0 spiro atoms. The minimum absolute atomic E-state index is 0.121. The summed E-state index contributed by atoms with van der Waals surface area (Å²) in [4.78, 5) is 14.1. The average molecular weight is 317 g/mol. The van der Waals surface area contributed by atoms with Crippen LogP contribution in [0.25, 0.3) is 0 Å². The molecule has 1 aliphatic rings. The van der Waals surface area contributed by atoms with Gasteiger partial charge in [-0.15, -0.1) is 0 Å². The maximum absolute atomic E-state index is 13.4. The van der Waals surface area contributed by atoms with Crippen LogP contribution in [0.4, 0.5) is 4.39 Å². The molecule has 1 aliphatic carbocycles. The summed E-state index contributed by atoms with van der Waals surface area (Å²) in [5.41, 5.74) is 1.11. The molecule has 1 fully saturated rings. The first-order valence-corrected chi connectivity index (χ1v) is 7.71. The van der Waals surface area contributed by atoms with E-state index in [1.807, 2.05) is 25.1 Å². The van der Waals surface area contributed by atoms with Crippen molar-refractivity contribution >= 4 is 5.91 Å². The molecule has 1 atom stereocenters. The van der Waals surface area contributed by atoms with Crippen LogP contribution >= 0.6 is 0 Å². The highest BCUT2D eigenvalue weighted by Crippen LogP contribution is 2.40. The number of hydrogen-bond acceptors (Lipinski definition) is 4. The largest absolute Gasteiger partial charge is 0.360 e. The Kier molecular flexibility index (Phi) is 4.43. The summed E-state index contributed by atoms with van der Waals surface area (Å²) in [6.07, 6.45) is 2.19. The standard InChI is InChI=1S/C17H20FN3O2/c1-21(2)15(12-4-3-5-13(18)8-12)10-19-17(22)14-9-16(23-20-14)11-6-7-11/h3-5,8-9,11,15H,6-7,10H2,1-2H3,(H,19,22)/t15-/m1/s1. The molecule has 1 heterocycles. The molecule has 0 radical (unpaired) electrons. The number of amides is 1. The Morgan fingerprint density at radius 1 is 1.43 bits per heavy atom. The number of carbonyl (C=O) groups excluding carboxylic acids is 1. The van der Waals surface area contributed by atoms with Crippen LogP contribution in [0, 0.1) is 5.82 Å². The van der Waals surface area contributed by atoms with E-state index in [0.717, 1.165) is 24.2 Å². The van der Waals surface area contributed by atoms with Crippen molar-refractivity contribution in [3.05, 3.63) is 53.2 Å². The fourth-order valence-electron chi connectivity index (χ4n) is 2.55. The molecule has 1 N–H and O–H groups in total. The average Bonchev–Trinajstić information content (AvgIpc) is 3.24. The molecule has 2 aromatic rings. The van der Waals surface area contributed by atoms with Crippen LogP contribution in [0.2, 0.25) is 0 Å². The predicted molar refractivity (Wildman–Crippen MR) is 83.6 cm³/mol. The van der Waals surface area contributed by atoms with Crippen molar-refractivity contribution in [2.75, 3.05) is 20.6 Å². The molecule has 1 aromatic heterocycles. The van der Waals surface area contributed by atoms with Crippen LogP contribution in [-0.4, -0.2) is 36.6 Å². The van der Waals surface area contributed by atoms with Crippen LogP contribution in [0.5, 0.6) is 0 Å². The fourth-order valence-corrected chi connectivity index (χ4v) is 2.55. The van der Waals surface area contributed by atoms with Gasteiger partial charge in [0, 0.05) is 18.5 Å². The lowest BCUT2D eigenvalue weighted by Gasteiger charge is -2.25. The Morgan fingerprint density at radius 3 is 2.87 bits per heavy atom. The van der Waals surface area contributed by atoms with E-state index in [0.29, 0.717) is 18.2 Å². The van der Waals surface area contributed by atoms with Gasteiger partial charge in [0.1, 0.15) is 11.6 Å². The van der Waals surface area contributed by atoms with Gasteiger partial charge in [0.05, 0.1) is 6.04 Å². The van der Waals surface area contributed by atoms with E-state index in [4.69, 9.17) is 4.52 Å². The topological polar surface area (TPSA) is 58.4 Å². The van der Waals surface area contributed by atoms with Gasteiger partial charge >= 0.3 is 0 Å². The quantitative estimate of drug-likeness (QED) is 0.890. The van der Waals surface area contributed by atoms with Gasteiger partial charge in [0.2, 0.25) is 0 Å². The monoisotopic (exact) mass is 317 g/mol. The number of rotatable bonds is 6. The number of halogens is 1. The molecule has 0 unspecified atom stereocenters. The maximum atomic E-state index is 13.4. The highest BCUT2D eigenvalue weighted by Gasteiger charge is 2.29. The Morgan fingerprint density at radius 2 is 2.22 bits per heavy atom. The highest BCUT2D eigenvalue weighted by atomic mass is 19.1. The van der Waals surface area contributed by atoms with E-state index in [1.54, 1.807) is 12.1 Å². The van der Waals surface area contributed by atoms with Gasteiger partial charge in [-0.25, -0.2) is 4.39 Å². The zero-order chi connectivity index (χ0) is 16.4. The second kappa shape index (κ2) is 6.50. The number of carbonyl (C=O) groups is 1. The molecule has 0 aliphatic heterocycles. The Hall–Kier alpha value is -2.21. The van der Waals surface area contributed by atoms with E-state index in [9.17, 15) is 9.18 Å². The van der Waals surface area contributed by atoms with Gasteiger partial charge < -0.3 is 14.7 Å². The first-order valence-electron chi connectivity index (χ1n) is 7.71. The zero-order valence-electron chi connectivity index (χ0n) is 13.3. The van der Waals surface area contributed by atoms with E-state index in [1.165, 1.54) is 12.1 Å². The molecule has 5 nitrogen and oxygen atoms in total. The molecule has 1 saturated carbocycles. The molecule has 0 bridgehead atoms. The van der Waals surface area contributed by atoms with Crippen molar-refractivity contribution in [2.45, 2.75) is 24.8 Å². The maximum Gasteiger partial charge on any atom is 0.273 e. The number of nitrogens with zero attached hydrogens (tertiary/aromatic N) is 2. The fraction of sp³-hybridized carbons (Fsp3) is 0.412. The van der Waals surface area contributed by atoms with Crippen molar-refractivity contribution < 1.29 is 13.7 Å². The lowest BCUT2D eigenvalue weighted by Crippen LogP contribution is -2.34. The highest BCUT2D eigenvalue weighted by molar-refractivity contribution is 5.92. The minimum atomic E-state index is -0.286. The predicted octanol–water partition coefficient (Wildman–Crippen LogP) is 2.72. The molecular weight excluding hydrogens is 297 g/mol. The van der Waals surface area contributed by atoms with E-state index < -0.39 is 0 Å². The Labute approximate surface area is 134 Å². The van der Waals surface area contributed by atoms with Crippen LogP contribution < -0.4 is 5.32 Å². The van der Waals surface area contributed by atoms with Gasteiger partial charge in [-0.2, -0.15) is 0 Å². The number of benzene rings is 1. The first-order chi connectivity index (χ1) is 11.0. The summed E-state index contributed by atoms with van der Waals surface area (Å²) < 4.78 is 18.6. The lowest BCUT2D eigenvalue weighted by molar-refractivity contribution is 0.0932. The van der Waals surface area contributed by atoms with Gasteiger partial charge in [0.15, 0.2) is 5.69 Å². The summed E-state index contributed by atoms with van der Waals surface area (Å²) in [7, 11) is 3.78. The van der Waals surface area contributed by atoms with Crippen molar-refractivity contribution in [3.8, 4) is 0 Å². The Balaban J connectivity index is 1.64. The van der Waals surface area contributed by atoms with Gasteiger partial charge in [-0.1, -0.05) is 17.3 Å². The summed E-state index contributed by atoms with van der Waals surface area (Å²) in [5.74, 6) is 0.644. The third-order valence-corrected chi connectivity index (χ3v) is 4.05. The van der Waals surface area contributed by atoms with Crippen LogP contribution in [0.3, 0.4) is 0 Å². The normalized spacial score (nSPS) is 15.7. The van der Waals surface area contributed by atoms with Crippen LogP contribution in [-0.2, 0) is 0 Å². The third kappa shape index (κ3) is 3.76. The molecule has 3 rings (SSSR count). The molecule has 23 heavy (non-hydrogen) atoms. The minimum Gasteiger partial charge on any atom is -0.360 e. The van der Waals surface area contributed by atoms with E-state index >= 15 is 0 Å². The number of nitrogens with one attached hydrogen (secondary N) is 1. The Bertz CT molecular complexity index is 695. The number of aromatic nitrogens is 1. The van der Waals surface area contributed by atoms with Crippen molar-refractivity contribution in [3.63, 3.8) is 0 Å². The van der Waals surface area contributed by atoms with Crippen molar-refractivity contribution in [1.82, 2.24) is 15.4 Å². The lowest BCUT2D eigenvalue weighted by atomic mass is 10.1. The molecule has 6 heteroatoms. The molecule has 0 saturated heterocycles. The molecule has 1 aromatic carbocycles. The summed E-state index contributed by atoms with van der Waals surface area (Å²) >= 11 is 0. The SMILES string of the molecule is CN(C)[C@H](CNC(=O)c1cc(C2CC2)on1)c1cccc(F)c1. The third-order valence-electron chi connectivity index (χ3n) is 4.05. The summed E-state index contributed by atoms with van der Waals surface area (Å²) in [6, 6.07) is 8.00. The molecular formula is C17H20FN3O2. The molecule has 122 valence electrons. The zero-order valence-corrected chi connectivity index (χ0v) is 13.3. The van der Waals surface area contributed by atoms with E-state index in [-0.39, 0.29) is 17.8 Å². The van der Waals surface area contributed by atoms with E-state index in [2.05, 4.69) is 10.5 Å². The van der Waals surface area contributed by atoms with Crippen LogP contribution in [0.15, 0.2) is 34.9 Å². The van der Waals surface area contributed by atoms with Gasteiger partial charge in [-0.05, 0) is 44.6 Å². The van der Waals surface area contributed by atoms with Crippen molar-refractivity contribution in [2.24, 2.45) is 0 Å². The van der Waals surface area contributed by atoms with Gasteiger partial charge in [0.25, 0.3) is 5.91 Å². The second-order valence-electron chi connectivity index (χ2n) is 6.13. The number of hydrogen-bond donors (Lipinski definition) is 1. The summed E-state index contributed by atoms with van der Waals surface area (Å²) in [6.45, 7) is 0.362.